The molecule has 8 heteroatoms. The van der Waals surface area contributed by atoms with Crippen LogP contribution in [0.4, 0.5) is 0 Å². The highest BCUT2D eigenvalue weighted by Crippen LogP contribution is 2.32. The number of fused-ring (bicyclic) bond motifs is 1. The van der Waals surface area contributed by atoms with Crippen molar-refractivity contribution >= 4 is 16.9 Å². The molecule has 2 aromatic carbocycles. The highest BCUT2D eigenvalue weighted by Gasteiger charge is 2.30. The molecule has 3 aromatic rings. The third kappa shape index (κ3) is 3.96. The first-order valence-corrected chi connectivity index (χ1v) is 10.0. The summed E-state index contributed by atoms with van der Waals surface area (Å²) >= 11 is 0. The lowest BCUT2D eigenvalue weighted by atomic mass is 10.0. The van der Waals surface area contributed by atoms with Gasteiger partial charge in [0.2, 0.25) is 5.91 Å². The van der Waals surface area contributed by atoms with E-state index in [0.29, 0.717) is 30.9 Å². The van der Waals surface area contributed by atoms with Crippen LogP contribution >= 0.6 is 0 Å². The van der Waals surface area contributed by atoms with Crippen LogP contribution in [0.15, 0.2) is 42.5 Å². The number of carbonyl (C=O) groups is 1. The molecule has 2 heterocycles. The van der Waals surface area contributed by atoms with E-state index >= 15 is 0 Å². The molecule has 1 fully saturated rings. The molecule has 2 atom stereocenters. The van der Waals surface area contributed by atoms with Crippen LogP contribution in [-0.2, 0) is 18.3 Å². The highest BCUT2D eigenvalue weighted by molar-refractivity contribution is 5.82. The number of para-hydroxylation sites is 2. The molecule has 3 N–H and O–H groups in total. The minimum absolute atomic E-state index is 0.0143. The first-order valence-electron chi connectivity index (χ1n) is 10.0. The van der Waals surface area contributed by atoms with Gasteiger partial charge in [-0.2, -0.15) is 0 Å². The number of aromatic nitrogens is 2. The predicted molar refractivity (Wildman–Crippen MR) is 114 cm³/mol. The Morgan fingerprint density at radius 1 is 1.17 bits per heavy atom. The number of imidazole rings is 1. The smallest absolute Gasteiger partial charge is 0.238 e. The average Bonchev–Trinajstić information content (AvgIpc) is 3.39. The largest absolute Gasteiger partial charge is 0.493 e. The zero-order chi connectivity index (χ0) is 21.1. The molecule has 1 aliphatic heterocycles. The summed E-state index contributed by atoms with van der Waals surface area (Å²) < 4.78 is 12.7. The van der Waals surface area contributed by atoms with E-state index < -0.39 is 0 Å². The number of hydrogen-bond acceptors (Lipinski definition) is 6. The number of nitrogens with one attached hydrogen (secondary N) is 3. The van der Waals surface area contributed by atoms with Gasteiger partial charge < -0.3 is 19.4 Å². The van der Waals surface area contributed by atoms with Gasteiger partial charge in [-0.1, -0.05) is 18.2 Å². The van der Waals surface area contributed by atoms with Gasteiger partial charge in [0.05, 0.1) is 25.3 Å². The zero-order valence-electron chi connectivity index (χ0n) is 17.4. The number of ether oxygens (including phenoxy) is 2. The number of rotatable bonds is 7. The van der Waals surface area contributed by atoms with E-state index in [2.05, 4.69) is 25.7 Å². The van der Waals surface area contributed by atoms with Crippen molar-refractivity contribution in [2.45, 2.75) is 24.9 Å². The summed E-state index contributed by atoms with van der Waals surface area (Å²) in [6.07, 6.45) is 1.32. The standard InChI is InChI=1S/C22H27N5O3/c1-27-18-7-5-4-6-15(18)24-21(27)10-11-23-22(28)17-13-16(25-26-17)14-8-9-19(29-2)20(12-14)30-3/h4-9,12,16-17,25-26H,10-11,13H2,1-3H3,(H,23,28). The minimum atomic E-state index is -0.302. The van der Waals surface area contributed by atoms with Gasteiger partial charge in [0.15, 0.2) is 11.5 Å². The van der Waals surface area contributed by atoms with E-state index in [0.717, 1.165) is 22.4 Å². The van der Waals surface area contributed by atoms with Gasteiger partial charge in [-0.3, -0.25) is 4.79 Å². The van der Waals surface area contributed by atoms with Gasteiger partial charge in [0.25, 0.3) is 0 Å². The number of nitrogens with zero attached hydrogens (tertiary/aromatic N) is 2. The predicted octanol–water partition coefficient (Wildman–Crippen LogP) is 1.86. The Kier molecular flexibility index (Phi) is 5.87. The molecule has 2 unspecified atom stereocenters. The van der Waals surface area contributed by atoms with Crippen LogP contribution < -0.4 is 25.6 Å². The first-order chi connectivity index (χ1) is 14.6. The summed E-state index contributed by atoms with van der Waals surface area (Å²) in [4.78, 5) is 17.3. The Morgan fingerprint density at radius 2 is 1.97 bits per heavy atom. The maximum Gasteiger partial charge on any atom is 0.238 e. The SMILES string of the molecule is COc1ccc(C2CC(C(=O)NCCc3nc4ccccc4n3C)NN2)cc1OC. The number of methoxy groups -OCH3 is 2. The van der Waals surface area contributed by atoms with Gasteiger partial charge in [0.1, 0.15) is 11.9 Å². The zero-order valence-corrected chi connectivity index (χ0v) is 17.4. The van der Waals surface area contributed by atoms with Crippen molar-refractivity contribution in [3.63, 3.8) is 0 Å². The van der Waals surface area contributed by atoms with E-state index in [1.807, 2.05) is 49.5 Å². The maximum atomic E-state index is 12.6. The van der Waals surface area contributed by atoms with Crippen LogP contribution in [0, 0.1) is 0 Å². The fourth-order valence-electron chi connectivity index (χ4n) is 3.86. The summed E-state index contributed by atoms with van der Waals surface area (Å²) in [6, 6.07) is 13.5. The highest BCUT2D eigenvalue weighted by atomic mass is 16.5. The summed E-state index contributed by atoms with van der Waals surface area (Å²) in [6.45, 7) is 0.537. The average molecular weight is 409 g/mol. The molecule has 158 valence electrons. The number of hydrogen-bond donors (Lipinski definition) is 3. The Labute approximate surface area is 175 Å². The first kappa shape index (κ1) is 20.2. The molecule has 8 nitrogen and oxygen atoms in total. The Balaban J connectivity index is 1.32. The number of amides is 1. The van der Waals surface area contributed by atoms with Gasteiger partial charge in [0, 0.05) is 26.1 Å². The molecule has 0 spiro atoms. The lowest BCUT2D eigenvalue weighted by molar-refractivity contribution is -0.122. The Hall–Kier alpha value is -3.10. The van der Waals surface area contributed by atoms with Crippen LogP contribution in [0.25, 0.3) is 11.0 Å². The lowest BCUT2D eigenvalue weighted by Gasteiger charge is -2.13. The van der Waals surface area contributed by atoms with Crippen LogP contribution in [0.3, 0.4) is 0 Å². The third-order valence-electron chi connectivity index (χ3n) is 5.56. The van der Waals surface area contributed by atoms with Crippen molar-refractivity contribution in [3.05, 3.63) is 53.9 Å². The fourth-order valence-corrected chi connectivity index (χ4v) is 3.86. The van der Waals surface area contributed by atoms with Gasteiger partial charge in [-0.15, -0.1) is 0 Å². The fraction of sp³-hybridized carbons (Fsp3) is 0.364. The van der Waals surface area contributed by atoms with Crippen LogP contribution in [0.5, 0.6) is 11.5 Å². The second-order valence-electron chi connectivity index (χ2n) is 7.36. The van der Waals surface area contributed by atoms with Crippen molar-refractivity contribution in [3.8, 4) is 11.5 Å². The summed E-state index contributed by atoms with van der Waals surface area (Å²) in [5.74, 6) is 2.29. The van der Waals surface area contributed by atoms with Crippen molar-refractivity contribution in [2.75, 3.05) is 20.8 Å². The van der Waals surface area contributed by atoms with Gasteiger partial charge in [-0.05, 0) is 36.2 Å². The molecule has 0 radical (unpaired) electrons. The van der Waals surface area contributed by atoms with Gasteiger partial charge >= 0.3 is 0 Å². The number of carbonyl (C=O) groups excluding carboxylic acids is 1. The Bertz CT molecular complexity index is 1050. The van der Waals surface area contributed by atoms with Crippen molar-refractivity contribution in [2.24, 2.45) is 7.05 Å². The molecule has 1 amide bonds. The van der Waals surface area contributed by atoms with Crippen molar-refractivity contribution < 1.29 is 14.3 Å². The molecule has 0 bridgehead atoms. The molecule has 1 aromatic heterocycles. The van der Waals surface area contributed by atoms with E-state index in [1.54, 1.807) is 14.2 Å². The van der Waals surface area contributed by atoms with Crippen LogP contribution in [0.2, 0.25) is 0 Å². The molecule has 0 saturated carbocycles. The maximum absolute atomic E-state index is 12.6. The van der Waals surface area contributed by atoms with E-state index in [4.69, 9.17) is 9.47 Å². The molecule has 4 rings (SSSR count). The van der Waals surface area contributed by atoms with E-state index in [-0.39, 0.29) is 18.0 Å². The van der Waals surface area contributed by atoms with Crippen LogP contribution in [-0.4, -0.2) is 42.3 Å². The molecule has 0 aliphatic carbocycles. The number of benzene rings is 2. The Morgan fingerprint density at radius 3 is 2.73 bits per heavy atom. The normalized spacial score (nSPS) is 18.5. The molecular weight excluding hydrogens is 382 g/mol. The molecular formula is C22H27N5O3. The third-order valence-corrected chi connectivity index (χ3v) is 5.56. The van der Waals surface area contributed by atoms with Gasteiger partial charge in [-0.25, -0.2) is 15.8 Å². The summed E-state index contributed by atoms with van der Waals surface area (Å²) in [7, 11) is 5.23. The number of aryl methyl sites for hydroxylation is 1. The van der Waals surface area contributed by atoms with Crippen LogP contribution in [0.1, 0.15) is 23.9 Å². The topological polar surface area (TPSA) is 89.4 Å². The van der Waals surface area contributed by atoms with E-state index in [9.17, 15) is 4.79 Å². The van der Waals surface area contributed by atoms with E-state index in [1.165, 1.54) is 0 Å². The minimum Gasteiger partial charge on any atom is -0.493 e. The molecule has 1 aliphatic rings. The second kappa shape index (κ2) is 8.73. The summed E-state index contributed by atoms with van der Waals surface area (Å²) in [5.41, 5.74) is 9.41. The van der Waals surface area contributed by atoms with Crippen molar-refractivity contribution in [1.82, 2.24) is 25.7 Å². The quantitative estimate of drug-likeness (QED) is 0.552. The number of hydrazine groups is 1. The lowest BCUT2D eigenvalue weighted by Crippen LogP contribution is -2.43. The monoisotopic (exact) mass is 409 g/mol. The van der Waals surface area contributed by atoms with Crippen molar-refractivity contribution in [1.29, 1.82) is 0 Å². The molecule has 30 heavy (non-hydrogen) atoms. The second-order valence-corrected chi connectivity index (χ2v) is 7.36. The summed E-state index contributed by atoms with van der Waals surface area (Å²) in [5, 5.41) is 3.02. The molecule has 1 saturated heterocycles.